The summed E-state index contributed by atoms with van der Waals surface area (Å²) in [5.41, 5.74) is 13.8. The third-order valence-corrected chi connectivity index (χ3v) is 4.20. The molecule has 1 aromatic heterocycles. The topological polar surface area (TPSA) is 38.9 Å². The van der Waals surface area contributed by atoms with Crippen LogP contribution in [0.1, 0.15) is 40.8 Å². The van der Waals surface area contributed by atoms with Crippen molar-refractivity contribution in [2.75, 3.05) is 0 Å². The zero-order valence-corrected chi connectivity index (χ0v) is 11.2. The van der Waals surface area contributed by atoms with E-state index in [1.54, 1.807) is 0 Å². The van der Waals surface area contributed by atoms with Crippen LogP contribution in [0.15, 0.2) is 12.1 Å². The number of hydrogen-bond acceptors (Lipinski definition) is 2. The molecule has 0 spiro atoms. The molecule has 0 aliphatic heterocycles. The lowest BCUT2D eigenvalue weighted by atomic mass is 9.89. The number of pyridine rings is 1. The Bertz CT molecular complexity index is 614. The molecule has 0 fully saturated rings. The number of nitrogens with zero attached hydrogens (tertiary/aromatic N) is 1. The minimum Gasteiger partial charge on any atom is -0.326 e. The van der Waals surface area contributed by atoms with Crippen molar-refractivity contribution in [1.29, 1.82) is 0 Å². The second-order valence-corrected chi connectivity index (χ2v) is 5.38. The first kappa shape index (κ1) is 11.7. The summed E-state index contributed by atoms with van der Waals surface area (Å²) in [6.07, 6.45) is 4.81. The maximum Gasteiger partial charge on any atom is 0.0711 e. The molecular weight excluding hydrogens is 220 g/mol. The van der Waals surface area contributed by atoms with Crippen LogP contribution in [0.4, 0.5) is 0 Å². The molecule has 0 atom stereocenters. The Balaban J connectivity index is 2.36. The number of nitrogens with two attached hydrogens (primary N) is 1. The molecule has 0 bridgehead atoms. The number of benzene rings is 1. The van der Waals surface area contributed by atoms with E-state index >= 15 is 0 Å². The molecule has 1 aliphatic carbocycles. The molecule has 2 nitrogen and oxygen atoms in total. The summed E-state index contributed by atoms with van der Waals surface area (Å²) in [6, 6.07) is 4.47. The molecule has 0 saturated carbocycles. The van der Waals surface area contributed by atoms with E-state index in [-0.39, 0.29) is 0 Å². The van der Waals surface area contributed by atoms with E-state index in [9.17, 15) is 0 Å². The molecule has 2 heteroatoms. The maximum atomic E-state index is 6.00. The van der Waals surface area contributed by atoms with Crippen LogP contribution in [-0.2, 0) is 19.4 Å². The largest absolute Gasteiger partial charge is 0.326 e. The van der Waals surface area contributed by atoms with Crippen LogP contribution < -0.4 is 5.73 Å². The fourth-order valence-corrected chi connectivity index (χ4v) is 3.01. The molecule has 3 rings (SSSR count). The molecule has 1 heterocycles. The van der Waals surface area contributed by atoms with Gasteiger partial charge in [0.05, 0.1) is 5.52 Å². The van der Waals surface area contributed by atoms with E-state index in [1.807, 2.05) is 0 Å². The van der Waals surface area contributed by atoms with E-state index in [4.69, 9.17) is 10.7 Å². The standard InChI is InChI=1S/C16H20N2/c1-10-7-13-14(9-17)12-5-3-4-6-15(12)18-16(13)8-11(10)2/h7-8H,3-6,9,17H2,1-2H3. The summed E-state index contributed by atoms with van der Waals surface area (Å²) >= 11 is 0. The van der Waals surface area contributed by atoms with Crippen molar-refractivity contribution in [1.82, 2.24) is 4.98 Å². The molecule has 0 radical (unpaired) electrons. The first-order valence-electron chi connectivity index (χ1n) is 6.82. The Kier molecular flexibility index (Phi) is 2.83. The van der Waals surface area contributed by atoms with Gasteiger partial charge in [0, 0.05) is 17.6 Å². The van der Waals surface area contributed by atoms with Crippen molar-refractivity contribution < 1.29 is 0 Å². The average molecular weight is 240 g/mol. The van der Waals surface area contributed by atoms with Gasteiger partial charge in [-0.15, -0.1) is 0 Å². The number of aryl methyl sites for hydroxylation is 3. The van der Waals surface area contributed by atoms with Gasteiger partial charge in [0.15, 0.2) is 0 Å². The van der Waals surface area contributed by atoms with E-state index in [1.165, 1.54) is 46.2 Å². The van der Waals surface area contributed by atoms with Crippen LogP contribution in [0.5, 0.6) is 0 Å². The van der Waals surface area contributed by atoms with Gasteiger partial charge in [-0.2, -0.15) is 0 Å². The molecule has 0 saturated heterocycles. The predicted molar refractivity (Wildman–Crippen MR) is 75.8 cm³/mol. The Labute approximate surface area is 108 Å². The fourth-order valence-electron chi connectivity index (χ4n) is 3.01. The summed E-state index contributed by atoms with van der Waals surface area (Å²) in [5.74, 6) is 0. The van der Waals surface area contributed by atoms with Crippen molar-refractivity contribution in [3.63, 3.8) is 0 Å². The summed E-state index contributed by atoms with van der Waals surface area (Å²) in [7, 11) is 0. The van der Waals surface area contributed by atoms with Crippen molar-refractivity contribution in [3.05, 3.63) is 40.1 Å². The average Bonchev–Trinajstić information content (AvgIpc) is 2.38. The molecular formula is C16H20N2. The number of rotatable bonds is 1. The van der Waals surface area contributed by atoms with Gasteiger partial charge in [-0.1, -0.05) is 0 Å². The number of aromatic nitrogens is 1. The van der Waals surface area contributed by atoms with Gasteiger partial charge in [0.1, 0.15) is 0 Å². The van der Waals surface area contributed by atoms with E-state index in [0.717, 1.165) is 18.4 Å². The quantitative estimate of drug-likeness (QED) is 0.831. The summed E-state index contributed by atoms with van der Waals surface area (Å²) in [6.45, 7) is 4.94. The highest BCUT2D eigenvalue weighted by Gasteiger charge is 2.17. The van der Waals surface area contributed by atoms with Gasteiger partial charge >= 0.3 is 0 Å². The Morgan fingerprint density at radius 1 is 1.11 bits per heavy atom. The minimum atomic E-state index is 0.629. The first-order valence-corrected chi connectivity index (χ1v) is 6.82. The van der Waals surface area contributed by atoms with E-state index < -0.39 is 0 Å². The third kappa shape index (κ3) is 1.72. The zero-order valence-electron chi connectivity index (χ0n) is 11.2. The highest BCUT2D eigenvalue weighted by molar-refractivity contribution is 5.85. The van der Waals surface area contributed by atoms with Crippen LogP contribution >= 0.6 is 0 Å². The van der Waals surface area contributed by atoms with Crippen molar-refractivity contribution in [2.45, 2.75) is 46.1 Å². The van der Waals surface area contributed by atoms with Crippen LogP contribution in [0, 0.1) is 13.8 Å². The van der Waals surface area contributed by atoms with Gasteiger partial charge in [-0.3, -0.25) is 4.98 Å². The van der Waals surface area contributed by atoms with Crippen molar-refractivity contribution in [3.8, 4) is 0 Å². The monoisotopic (exact) mass is 240 g/mol. The fraction of sp³-hybridized carbons (Fsp3) is 0.438. The lowest BCUT2D eigenvalue weighted by molar-refractivity contribution is 0.664. The van der Waals surface area contributed by atoms with Crippen LogP contribution in [0.3, 0.4) is 0 Å². The molecule has 1 aliphatic rings. The second-order valence-electron chi connectivity index (χ2n) is 5.38. The molecule has 18 heavy (non-hydrogen) atoms. The molecule has 0 amide bonds. The normalized spacial score (nSPS) is 14.8. The van der Waals surface area contributed by atoms with Crippen LogP contribution in [0.2, 0.25) is 0 Å². The van der Waals surface area contributed by atoms with Crippen molar-refractivity contribution >= 4 is 10.9 Å². The highest BCUT2D eigenvalue weighted by atomic mass is 14.7. The summed E-state index contributed by atoms with van der Waals surface area (Å²) in [5, 5.41) is 1.27. The number of fused-ring (bicyclic) bond motifs is 2. The van der Waals surface area contributed by atoms with Gasteiger partial charge in [-0.25, -0.2) is 0 Å². The SMILES string of the molecule is Cc1cc2nc3c(c(CN)c2cc1C)CCCC3. The lowest BCUT2D eigenvalue weighted by Crippen LogP contribution is -2.12. The van der Waals surface area contributed by atoms with E-state index in [2.05, 4.69) is 26.0 Å². The third-order valence-electron chi connectivity index (χ3n) is 4.20. The molecule has 0 unspecified atom stereocenters. The maximum absolute atomic E-state index is 6.00. The van der Waals surface area contributed by atoms with E-state index in [0.29, 0.717) is 6.54 Å². The van der Waals surface area contributed by atoms with Crippen LogP contribution in [-0.4, -0.2) is 4.98 Å². The van der Waals surface area contributed by atoms with Gasteiger partial charge in [0.2, 0.25) is 0 Å². The molecule has 1 aromatic carbocycles. The second kappa shape index (κ2) is 4.36. The zero-order chi connectivity index (χ0) is 12.7. The minimum absolute atomic E-state index is 0.629. The van der Waals surface area contributed by atoms with Gasteiger partial charge < -0.3 is 5.73 Å². The first-order chi connectivity index (χ1) is 8.70. The van der Waals surface area contributed by atoms with Crippen molar-refractivity contribution in [2.24, 2.45) is 5.73 Å². The summed E-state index contributed by atoms with van der Waals surface area (Å²) in [4.78, 5) is 4.87. The number of hydrogen-bond donors (Lipinski definition) is 1. The van der Waals surface area contributed by atoms with Gasteiger partial charge in [0.25, 0.3) is 0 Å². The molecule has 94 valence electrons. The lowest BCUT2D eigenvalue weighted by Gasteiger charge is -2.20. The van der Waals surface area contributed by atoms with Crippen LogP contribution in [0.25, 0.3) is 10.9 Å². The molecule has 2 aromatic rings. The summed E-state index contributed by atoms with van der Waals surface area (Å²) < 4.78 is 0. The smallest absolute Gasteiger partial charge is 0.0711 e. The molecule has 2 N–H and O–H groups in total. The Morgan fingerprint density at radius 2 is 1.83 bits per heavy atom. The Morgan fingerprint density at radius 3 is 2.61 bits per heavy atom. The highest BCUT2D eigenvalue weighted by Crippen LogP contribution is 2.30. The predicted octanol–water partition coefficient (Wildman–Crippen LogP) is 3.19. The Hall–Kier alpha value is -1.41. The van der Waals surface area contributed by atoms with Gasteiger partial charge in [-0.05, 0) is 73.9 Å².